The summed E-state index contributed by atoms with van der Waals surface area (Å²) in [5, 5.41) is 1.10. The van der Waals surface area contributed by atoms with Gasteiger partial charge in [0.1, 0.15) is 18.2 Å². The van der Waals surface area contributed by atoms with Crippen molar-refractivity contribution in [2.24, 2.45) is 7.05 Å². The lowest BCUT2D eigenvalue weighted by molar-refractivity contribution is -0.667. The smallest absolute Gasteiger partial charge is 0.216 e. The Bertz CT molecular complexity index is 1940. The molecule has 0 saturated carbocycles. The molecule has 0 atom stereocenters. The summed E-state index contributed by atoms with van der Waals surface area (Å²) in [6, 6.07) is 3.46. The Morgan fingerprint density at radius 1 is 0.903 bits per heavy atom. The fourth-order valence-electron chi connectivity index (χ4n) is 3.86. The predicted octanol–water partition coefficient (Wildman–Crippen LogP) is 7.22. The van der Waals surface area contributed by atoms with E-state index in [4.69, 9.17) is 24.7 Å². The van der Waals surface area contributed by atoms with Crippen LogP contribution < -0.4 is 4.57 Å². The van der Waals surface area contributed by atoms with E-state index in [2.05, 4.69) is 4.85 Å². The summed E-state index contributed by atoms with van der Waals surface area (Å²) < 4.78 is 90.3. The standard InChI is InChI=1S/C28H23N2O/c1-17-12-16-24(30(5)19(17)3)25-18(2)11-13-21-22-14-15-23(29-4)26(28(22)31-27(21)25)20-9-7-6-8-10-20/h6-16H,1-3,5H3/q+1/i1D3,6D,7D,8D,9D,10D,12D,16D. The van der Waals surface area contributed by atoms with Crippen LogP contribution in [0.4, 0.5) is 5.69 Å². The Hall–Kier alpha value is -3.90. The summed E-state index contributed by atoms with van der Waals surface area (Å²) >= 11 is 0. The van der Waals surface area contributed by atoms with Crippen LogP contribution in [0.1, 0.15) is 30.5 Å². The zero-order valence-electron chi connectivity index (χ0n) is 27.1. The van der Waals surface area contributed by atoms with E-state index in [1.807, 2.05) is 0 Å². The maximum atomic E-state index is 8.81. The van der Waals surface area contributed by atoms with Crippen molar-refractivity contribution >= 4 is 27.6 Å². The number of benzene rings is 3. The van der Waals surface area contributed by atoms with Crippen molar-refractivity contribution in [1.82, 2.24) is 0 Å². The van der Waals surface area contributed by atoms with Gasteiger partial charge in [-0.3, -0.25) is 0 Å². The van der Waals surface area contributed by atoms with Gasteiger partial charge in [0, 0.05) is 39.0 Å². The highest BCUT2D eigenvalue weighted by molar-refractivity contribution is 6.15. The molecule has 0 aliphatic heterocycles. The van der Waals surface area contributed by atoms with Crippen LogP contribution in [0.2, 0.25) is 0 Å². The molecule has 0 bridgehead atoms. The summed E-state index contributed by atoms with van der Waals surface area (Å²) in [4.78, 5) is 3.56. The molecule has 150 valence electrons. The van der Waals surface area contributed by atoms with Crippen LogP contribution >= 0.6 is 0 Å². The number of pyridine rings is 1. The van der Waals surface area contributed by atoms with Crippen molar-refractivity contribution in [3.05, 3.63) is 94.8 Å². The highest BCUT2D eigenvalue weighted by Crippen LogP contribution is 2.44. The van der Waals surface area contributed by atoms with Crippen LogP contribution in [-0.4, -0.2) is 0 Å². The Morgan fingerprint density at radius 3 is 2.32 bits per heavy atom. The first kappa shape index (κ1) is 10.9. The Kier molecular flexibility index (Phi) is 2.51. The average Bonchev–Trinajstić information content (AvgIpc) is 3.29. The molecule has 0 radical (unpaired) electrons. The minimum Gasteiger partial charge on any atom is -0.456 e. The van der Waals surface area contributed by atoms with Gasteiger partial charge in [-0.2, -0.15) is 4.57 Å². The van der Waals surface area contributed by atoms with Gasteiger partial charge in [-0.25, -0.2) is 4.85 Å². The molecule has 0 unspecified atom stereocenters. The molecule has 0 spiro atoms. The van der Waals surface area contributed by atoms with E-state index in [1.165, 1.54) is 6.07 Å². The maximum Gasteiger partial charge on any atom is 0.216 e. The molecule has 0 amide bonds. The van der Waals surface area contributed by atoms with E-state index in [0.717, 1.165) is 0 Å². The van der Waals surface area contributed by atoms with Crippen molar-refractivity contribution < 1.29 is 22.7 Å². The summed E-state index contributed by atoms with van der Waals surface area (Å²) in [5.41, 5.74) is 1.81. The molecule has 0 saturated heterocycles. The van der Waals surface area contributed by atoms with Crippen LogP contribution in [0.3, 0.4) is 0 Å². The number of nitrogens with zero attached hydrogens (tertiary/aromatic N) is 2. The summed E-state index contributed by atoms with van der Waals surface area (Å²) in [7, 11) is 1.62. The SMILES string of the molecule is [2H]c1c([2H])c([2H])c(-c2c([N+]#[C-])ccc3c2oc2c(-c4c([2H])c([2H])c(C([2H])([2H])[2H])c(C)[n+]4C)c(C)ccc23)c([2H])c1[2H]. The fraction of sp³-hybridized carbons (Fsp3) is 0.143. The van der Waals surface area contributed by atoms with Gasteiger partial charge in [0.15, 0.2) is 11.4 Å². The molecule has 5 rings (SSSR count). The van der Waals surface area contributed by atoms with Gasteiger partial charge in [0.25, 0.3) is 0 Å². The lowest BCUT2D eigenvalue weighted by Crippen LogP contribution is -2.35. The van der Waals surface area contributed by atoms with Crippen molar-refractivity contribution in [1.29, 1.82) is 0 Å². The van der Waals surface area contributed by atoms with Gasteiger partial charge >= 0.3 is 0 Å². The third-order valence-electron chi connectivity index (χ3n) is 5.61. The van der Waals surface area contributed by atoms with Crippen molar-refractivity contribution in [2.75, 3.05) is 0 Å². The Balaban J connectivity index is 1.97. The number of fused-ring (bicyclic) bond motifs is 3. The fourth-order valence-corrected chi connectivity index (χ4v) is 3.86. The molecule has 3 aromatic carbocycles. The quantitative estimate of drug-likeness (QED) is 0.221. The van der Waals surface area contributed by atoms with Gasteiger partial charge in [0.05, 0.1) is 21.7 Å². The van der Waals surface area contributed by atoms with E-state index in [-0.39, 0.29) is 39.7 Å². The van der Waals surface area contributed by atoms with Gasteiger partial charge in [0.2, 0.25) is 5.69 Å². The van der Waals surface area contributed by atoms with Crippen LogP contribution in [0.5, 0.6) is 0 Å². The minimum atomic E-state index is -2.59. The first-order valence-corrected chi connectivity index (χ1v) is 9.57. The molecular formula is C28H23N2O+. The molecule has 3 nitrogen and oxygen atoms in total. The third kappa shape index (κ3) is 2.84. The van der Waals surface area contributed by atoms with Crippen LogP contribution in [-0.2, 0) is 7.05 Å². The molecule has 5 aromatic rings. The maximum absolute atomic E-state index is 8.81. The topological polar surface area (TPSA) is 21.4 Å². The second-order valence-electron chi connectivity index (χ2n) is 7.30. The molecule has 2 heterocycles. The highest BCUT2D eigenvalue weighted by atomic mass is 16.3. The van der Waals surface area contributed by atoms with Gasteiger partial charge in [-0.1, -0.05) is 54.5 Å². The number of rotatable bonds is 2. The summed E-state index contributed by atoms with van der Waals surface area (Å²) in [6.07, 6.45) is 0. The minimum absolute atomic E-state index is 0.0337. The van der Waals surface area contributed by atoms with E-state index in [9.17, 15) is 0 Å². The molecule has 0 N–H and O–H groups in total. The summed E-state index contributed by atoms with van der Waals surface area (Å²) in [5.74, 6) is 0. The lowest BCUT2D eigenvalue weighted by atomic mass is 9.98. The van der Waals surface area contributed by atoms with Gasteiger partial charge < -0.3 is 4.42 Å². The van der Waals surface area contributed by atoms with E-state index in [1.54, 1.807) is 43.7 Å². The van der Waals surface area contributed by atoms with E-state index < -0.39 is 43.1 Å². The Labute approximate surface area is 196 Å². The summed E-state index contributed by atoms with van der Waals surface area (Å²) in [6.45, 7) is 8.53. The zero-order chi connectivity index (χ0) is 30.3. The van der Waals surface area contributed by atoms with Crippen LogP contribution in [0.15, 0.2) is 71.0 Å². The molecular weight excluding hydrogens is 380 g/mol. The second-order valence-corrected chi connectivity index (χ2v) is 7.30. The second kappa shape index (κ2) is 7.11. The molecule has 0 aliphatic carbocycles. The van der Waals surface area contributed by atoms with Crippen LogP contribution in [0.25, 0.3) is 49.2 Å². The Morgan fingerprint density at radius 2 is 1.61 bits per heavy atom. The first-order valence-electron chi connectivity index (χ1n) is 14.6. The monoisotopic (exact) mass is 413 g/mol. The first-order chi connectivity index (χ1) is 19.1. The average molecular weight is 414 g/mol. The van der Waals surface area contributed by atoms with E-state index in [0.29, 0.717) is 33.2 Å². The number of hydrogen-bond acceptors (Lipinski definition) is 1. The van der Waals surface area contributed by atoms with Crippen molar-refractivity contribution in [3.8, 4) is 22.4 Å². The largest absolute Gasteiger partial charge is 0.456 e. The number of furan rings is 1. The number of hydrogen-bond donors (Lipinski definition) is 0. The highest BCUT2D eigenvalue weighted by Gasteiger charge is 2.24. The van der Waals surface area contributed by atoms with Gasteiger partial charge in [-0.15, -0.1) is 0 Å². The zero-order valence-corrected chi connectivity index (χ0v) is 17.1. The molecule has 0 aliphatic rings. The third-order valence-corrected chi connectivity index (χ3v) is 5.61. The molecule has 31 heavy (non-hydrogen) atoms. The number of aryl methyl sites for hydroxylation is 1. The molecule has 3 heteroatoms. The van der Waals surface area contributed by atoms with E-state index >= 15 is 0 Å². The molecule has 0 fully saturated rings. The lowest BCUT2D eigenvalue weighted by Gasteiger charge is -2.08. The normalized spacial score (nSPS) is 16.2. The van der Waals surface area contributed by atoms with Crippen molar-refractivity contribution in [2.45, 2.75) is 20.7 Å². The van der Waals surface area contributed by atoms with Crippen LogP contribution in [0, 0.1) is 27.3 Å². The van der Waals surface area contributed by atoms with Crippen molar-refractivity contribution in [3.63, 3.8) is 0 Å². The molecule has 2 aromatic heterocycles. The predicted molar refractivity (Wildman–Crippen MR) is 126 cm³/mol. The number of aromatic nitrogens is 1. The van der Waals surface area contributed by atoms with Gasteiger partial charge in [-0.05, 0) is 30.9 Å².